The summed E-state index contributed by atoms with van der Waals surface area (Å²) < 4.78 is 6.86. The Bertz CT molecular complexity index is 497. The molecule has 1 heterocycles. The molecule has 0 spiro atoms. The van der Waals surface area contributed by atoms with Gasteiger partial charge in [0.1, 0.15) is 5.75 Å². The average molecular weight is 371 g/mol. The van der Waals surface area contributed by atoms with Crippen LogP contribution in [0.15, 0.2) is 18.2 Å². The van der Waals surface area contributed by atoms with E-state index in [9.17, 15) is 4.79 Å². The topological polar surface area (TPSA) is 29.5 Å². The van der Waals surface area contributed by atoms with Crippen LogP contribution < -0.4 is 9.64 Å². The molecule has 1 atom stereocenters. The van der Waals surface area contributed by atoms with Crippen molar-refractivity contribution < 1.29 is 9.53 Å². The van der Waals surface area contributed by atoms with E-state index in [0.717, 1.165) is 21.6 Å². The zero-order valence-electron chi connectivity index (χ0n) is 11.1. The van der Waals surface area contributed by atoms with Gasteiger partial charge in [0.15, 0.2) is 6.10 Å². The van der Waals surface area contributed by atoms with Gasteiger partial charge in [-0.05, 0) is 66.5 Å². The molecule has 0 bridgehead atoms. The van der Waals surface area contributed by atoms with Gasteiger partial charge in [0, 0.05) is 10.1 Å². The second-order valence-corrected chi connectivity index (χ2v) is 6.72. The molecule has 0 aromatic heterocycles. The summed E-state index contributed by atoms with van der Waals surface area (Å²) in [6.07, 6.45) is 4.74. The van der Waals surface area contributed by atoms with Crippen molar-refractivity contribution in [2.45, 2.75) is 38.7 Å². The van der Waals surface area contributed by atoms with Crippen molar-refractivity contribution in [3.05, 3.63) is 21.8 Å². The van der Waals surface area contributed by atoms with Crippen molar-refractivity contribution in [1.82, 2.24) is 0 Å². The first-order valence-electron chi connectivity index (χ1n) is 6.93. The van der Waals surface area contributed by atoms with Crippen LogP contribution in [0.25, 0.3) is 0 Å². The number of anilines is 1. The first-order valence-corrected chi connectivity index (χ1v) is 8.00. The largest absolute Gasteiger partial charge is 0.479 e. The van der Waals surface area contributed by atoms with Gasteiger partial charge < -0.3 is 9.64 Å². The Hall–Kier alpha value is -0.780. The smallest absolute Gasteiger partial charge is 0.267 e. The third-order valence-electron chi connectivity index (χ3n) is 4.05. The van der Waals surface area contributed by atoms with Crippen LogP contribution in [0.4, 0.5) is 5.69 Å². The van der Waals surface area contributed by atoms with Gasteiger partial charge in [-0.3, -0.25) is 4.79 Å². The van der Waals surface area contributed by atoms with Crippen LogP contribution in [0.5, 0.6) is 5.75 Å². The van der Waals surface area contributed by atoms with Gasteiger partial charge in [0.05, 0.1) is 5.69 Å². The van der Waals surface area contributed by atoms with E-state index in [4.69, 9.17) is 4.74 Å². The Labute approximate surface area is 127 Å². The van der Waals surface area contributed by atoms with E-state index in [1.165, 1.54) is 25.7 Å². The van der Waals surface area contributed by atoms with Crippen molar-refractivity contribution in [2.24, 2.45) is 5.92 Å². The number of hydrogen-bond acceptors (Lipinski definition) is 2. The second-order valence-electron chi connectivity index (χ2n) is 5.47. The molecular weight excluding hydrogens is 353 g/mol. The summed E-state index contributed by atoms with van der Waals surface area (Å²) in [5, 5.41) is 0. The summed E-state index contributed by atoms with van der Waals surface area (Å²) >= 11 is 2.27. The maximum absolute atomic E-state index is 12.4. The lowest BCUT2D eigenvalue weighted by atomic mass is 10.1. The fourth-order valence-electron chi connectivity index (χ4n) is 3.02. The molecule has 1 aliphatic heterocycles. The van der Waals surface area contributed by atoms with Crippen LogP contribution in [-0.4, -0.2) is 18.6 Å². The summed E-state index contributed by atoms with van der Waals surface area (Å²) in [6.45, 7) is 2.69. The van der Waals surface area contributed by atoms with Gasteiger partial charge in [-0.15, -0.1) is 0 Å². The molecule has 1 aliphatic carbocycles. The molecule has 4 heteroatoms. The highest BCUT2D eigenvalue weighted by atomic mass is 127. The molecular formula is C15H18INO2. The first kappa shape index (κ1) is 13.2. The van der Waals surface area contributed by atoms with Crippen LogP contribution in [0.2, 0.25) is 0 Å². The molecule has 1 aromatic carbocycles. The third-order valence-corrected chi connectivity index (χ3v) is 4.72. The Morgan fingerprint density at radius 1 is 1.37 bits per heavy atom. The fraction of sp³-hybridized carbons (Fsp3) is 0.533. The van der Waals surface area contributed by atoms with Gasteiger partial charge in [-0.1, -0.05) is 12.8 Å². The van der Waals surface area contributed by atoms with Crippen molar-refractivity contribution >= 4 is 34.2 Å². The van der Waals surface area contributed by atoms with Crippen molar-refractivity contribution in [3.8, 4) is 5.75 Å². The average Bonchev–Trinajstić information content (AvgIpc) is 2.87. The molecule has 1 aromatic rings. The number of fused-ring (bicyclic) bond motifs is 1. The Kier molecular flexibility index (Phi) is 3.69. The molecule has 19 heavy (non-hydrogen) atoms. The molecule has 3 nitrogen and oxygen atoms in total. The summed E-state index contributed by atoms with van der Waals surface area (Å²) in [5.74, 6) is 1.60. The van der Waals surface area contributed by atoms with Crippen LogP contribution in [-0.2, 0) is 4.79 Å². The van der Waals surface area contributed by atoms with E-state index < -0.39 is 0 Å². The molecule has 2 aliphatic rings. The van der Waals surface area contributed by atoms with E-state index in [2.05, 4.69) is 22.6 Å². The lowest BCUT2D eigenvalue weighted by molar-refractivity contribution is -0.125. The van der Waals surface area contributed by atoms with E-state index >= 15 is 0 Å². The highest BCUT2D eigenvalue weighted by molar-refractivity contribution is 14.1. The Morgan fingerprint density at radius 3 is 2.84 bits per heavy atom. The van der Waals surface area contributed by atoms with E-state index in [0.29, 0.717) is 5.92 Å². The molecule has 1 amide bonds. The van der Waals surface area contributed by atoms with Crippen LogP contribution in [0, 0.1) is 9.49 Å². The Balaban J connectivity index is 1.90. The van der Waals surface area contributed by atoms with Crippen LogP contribution in [0.1, 0.15) is 32.6 Å². The number of carbonyl (C=O) groups is 1. The fourth-order valence-corrected chi connectivity index (χ4v) is 3.49. The standard InChI is InChI=1S/C15H18INO2/c1-10-15(18)17(9-11-4-2-3-5-11)13-7-6-12(16)8-14(13)19-10/h6-8,10-11H,2-5,9H2,1H3. The predicted octanol–water partition coefficient (Wildman–Crippen LogP) is 3.60. The maximum Gasteiger partial charge on any atom is 0.267 e. The Morgan fingerprint density at radius 2 is 2.11 bits per heavy atom. The number of rotatable bonds is 2. The summed E-state index contributed by atoms with van der Waals surface area (Å²) in [5.41, 5.74) is 0.940. The minimum Gasteiger partial charge on any atom is -0.479 e. The lowest BCUT2D eigenvalue weighted by Crippen LogP contribution is -2.46. The van der Waals surface area contributed by atoms with Crippen molar-refractivity contribution in [2.75, 3.05) is 11.4 Å². The number of carbonyl (C=O) groups excluding carboxylic acids is 1. The summed E-state index contributed by atoms with van der Waals surface area (Å²) in [4.78, 5) is 14.3. The van der Waals surface area contributed by atoms with Crippen molar-refractivity contribution in [1.29, 1.82) is 0 Å². The van der Waals surface area contributed by atoms with E-state index in [1.54, 1.807) is 0 Å². The number of halogens is 1. The highest BCUT2D eigenvalue weighted by Gasteiger charge is 2.33. The third kappa shape index (κ3) is 2.59. The van der Waals surface area contributed by atoms with Gasteiger partial charge >= 0.3 is 0 Å². The zero-order chi connectivity index (χ0) is 13.4. The van der Waals surface area contributed by atoms with Crippen molar-refractivity contribution in [3.63, 3.8) is 0 Å². The summed E-state index contributed by atoms with van der Waals surface area (Å²) in [6, 6.07) is 6.06. The number of benzene rings is 1. The zero-order valence-corrected chi connectivity index (χ0v) is 13.2. The maximum atomic E-state index is 12.4. The molecule has 3 rings (SSSR count). The minimum absolute atomic E-state index is 0.0978. The molecule has 102 valence electrons. The van der Waals surface area contributed by atoms with Crippen LogP contribution in [0.3, 0.4) is 0 Å². The van der Waals surface area contributed by atoms with Crippen LogP contribution >= 0.6 is 22.6 Å². The van der Waals surface area contributed by atoms with Gasteiger partial charge in [0.25, 0.3) is 5.91 Å². The monoisotopic (exact) mass is 371 g/mol. The second kappa shape index (κ2) is 5.31. The van der Waals surface area contributed by atoms with E-state index in [1.807, 2.05) is 30.0 Å². The van der Waals surface area contributed by atoms with Gasteiger partial charge in [-0.25, -0.2) is 0 Å². The molecule has 0 saturated heterocycles. The number of amides is 1. The summed E-state index contributed by atoms with van der Waals surface area (Å²) in [7, 11) is 0. The molecule has 1 saturated carbocycles. The normalized spacial score (nSPS) is 23.4. The SMILES string of the molecule is CC1Oc2cc(I)ccc2N(CC2CCCC2)C1=O. The number of ether oxygens (including phenoxy) is 1. The molecule has 1 unspecified atom stereocenters. The molecule has 1 fully saturated rings. The quantitative estimate of drug-likeness (QED) is 0.744. The predicted molar refractivity (Wildman–Crippen MR) is 83.6 cm³/mol. The minimum atomic E-state index is -0.368. The van der Waals surface area contributed by atoms with Gasteiger partial charge in [-0.2, -0.15) is 0 Å². The number of nitrogens with zero attached hydrogens (tertiary/aromatic N) is 1. The number of hydrogen-bond donors (Lipinski definition) is 0. The highest BCUT2D eigenvalue weighted by Crippen LogP contribution is 2.37. The molecule has 0 radical (unpaired) electrons. The van der Waals surface area contributed by atoms with Gasteiger partial charge in [0.2, 0.25) is 0 Å². The van der Waals surface area contributed by atoms with E-state index in [-0.39, 0.29) is 12.0 Å². The first-order chi connectivity index (χ1) is 9.15. The molecule has 0 N–H and O–H groups in total. The lowest BCUT2D eigenvalue weighted by Gasteiger charge is -2.34.